The molecule has 0 aliphatic carbocycles. The molecule has 0 spiro atoms. The van der Waals surface area contributed by atoms with E-state index in [0.717, 1.165) is 11.1 Å². The summed E-state index contributed by atoms with van der Waals surface area (Å²) in [6.07, 6.45) is 0. The molecular formula is C29H27Cl2N3O4. The number of fused-ring (bicyclic) bond motifs is 3. The molecule has 0 atom stereocenters. The topological polar surface area (TPSA) is 76.8 Å². The van der Waals surface area contributed by atoms with E-state index in [1.54, 1.807) is 60.1 Å². The molecule has 1 amide bonds. The second-order valence-electron chi connectivity index (χ2n) is 10.1. The summed E-state index contributed by atoms with van der Waals surface area (Å²) in [6.45, 7) is 6.03. The molecular weight excluding hydrogens is 525 g/mol. The lowest BCUT2D eigenvalue weighted by molar-refractivity contribution is 0.0646. The average molecular weight is 552 g/mol. The van der Waals surface area contributed by atoms with Crippen molar-refractivity contribution in [2.24, 2.45) is 0 Å². The summed E-state index contributed by atoms with van der Waals surface area (Å²) in [5.41, 5.74) is 4.05. The number of aromatic nitrogens is 2. The van der Waals surface area contributed by atoms with Crippen LogP contribution in [0, 0.1) is 0 Å². The molecule has 0 unspecified atom stereocenters. The second-order valence-corrected chi connectivity index (χ2v) is 11.0. The summed E-state index contributed by atoms with van der Waals surface area (Å²) in [6, 6.07) is 15.8. The fourth-order valence-electron chi connectivity index (χ4n) is 4.43. The minimum Gasteiger partial charge on any atom is -0.508 e. The number of ether oxygens (including phenoxy) is 2. The third-order valence-corrected chi connectivity index (χ3v) is 7.11. The van der Waals surface area contributed by atoms with Crippen molar-refractivity contribution in [2.45, 2.75) is 32.9 Å². The molecule has 0 bridgehead atoms. The van der Waals surface area contributed by atoms with E-state index in [4.69, 9.17) is 37.8 Å². The second kappa shape index (κ2) is 9.57. The zero-order chi connectivity index (χ0) is 27.4. The van der Waals surface area contributed by atoms with Crippen LogP contribution in [0.1, 0.15) is 36.8 Å². The van der Waals surface area contributed by atoms with Crippen molar-refractivity contribution >= 4 is 29.1 Å². The highest BCUT2D eigenvalue weighted by molar-refractivity contribution is 6.34. The van der Waals surface area contributed by atoms with Crippen LogP contribution in [0.3, 0.4) is 0 Å². The minimum atomic E-state index is -0.420. The van der Waals surface area contributed by atoms with Gasteiger partial charge < -0.3 is 19.5 Å². The van der Waals surface area contributed by atoms with Crippen LogP contribution in [-0.2, 0) is 6.61 Å². The Hall–Kier alpha value is -3.68. The van der Waals surface area contributed by atoms with Gasteiger partial charge in [0.05, 0.1) is 18.5 Å². The summed E-state index contributed by atoms with van der Waals surface area (Å²) in [7, 11) is 3.34. The Morgan fingerprint density at radius 1 is 1.08 bits per heavy atom. The normalized spacial score (nSPS) is 12.4. The molecule has 2 heterocycles. The third-order valence-electron chi connectivity index (χ3n) is 6.67. The van der Waals surface area contributed by atoms with E-state index in [-0.39, 0.29) is 24.0 Å². The number of phenols is 1. The molecule has 0 fully saturated rings. The highest BCUT2D eigenvalue weighted by atomic mass is 35.5. The molecule has 0 saturated heterocycles. The number of carbonyl (C=O) groups excluding carboxylic acids is 1. The van der Waals surface area contributed by atoms with Gasteiger partial charge in [-0.25, -0.2) is 4.68 Å². The molecule has 1 aliphatic heterocycles. The van der Waals surface area contributed by atoms with Crippen molar-refractivity contribution in [3.63, 3.8) is 0 Å². The van der Waals surface area contributed by atoms with Gasteiger partial charge in [0.2, 0.25) is 0 Å². The first kappa shape index (κ1) is 25.9. The molecule has 0 radical (unpaired) electrons. The Morgan fingerprint density at radius 3 is 2.42 bits per heavy atom. The van der Waals surface area contributed by atoms with E-state index in [2.05, 4.69) is 0 Å². The van der Waals surface area contributed by atoms with Gasteiger partial charge in [-0.3, -0.25) is 4.79 Å². The third kappa shape index (κ3) is 4.57. The van der Waals surface area contributed by atoms with Gasteiger partial charge in [0.25, 0.3) is 5.91 Å². The van der Waals surface area contributed by atoms with Gasteiger partial charge in [-0.05, 0) is 62.7 Å². The van der Waals surface area contributed by atoms with Crippen LogP contribution in [0.15, 0.2) is 54.6 Å². The van der Waals surface area contributed by atoms with Crippen molar-refractivity contribution in [3.05, 3.63) is 75.9 Å². The van der Waals surface area contributed by atoms with Crippen molar-refractivity contribution in [1.29, 1.82) is 0 Å². The number of methoxy groups -OCH3 is 1. The maximum atomic E-state index is 13.7. The molecule has 9 heteroatoms. The van der Waals surface area contributed by atoms with Crippen LogP contribution in [-0.4, -0.2) is 45.4 Å². The van der Waals surface area contributed by atoms with E-state index in [1.807, 2.05) is 39.0 Å². The molecule has 5 rings (SSSR count). The fraction of sp³-hybridized carbons (Fsp3) is 0.241. The largest absolute Gasteiger partial charge is 0.508 e. The molecule has 1 aliphatic rings. The number of halogens is 2. The quantitative estimate of drug-likeness (QED) is 0.295. The smallest absolute Gasteiger partial charge is 0.274 e. The number of hydrogen-bond donors (Lipinski definition) is 1. The van der Waals surface area contributed by atoms with Crippen molar-refractivity contribution in [2.75, 3.05) is 14.2 Å². The van der Waals surface area contributed by atoms with Gasteiger partial charge in [-0.1, -0.05) is 35.3 Å². The first-order valence-corrected chi connectivity index (χ1v) is 12.7. The number of carbonyl (C=O) groups is 1. The Bertz CT molecular complexity index is 1550. The summed E-state index contributed by atoms with van der Waals surface area (Å²) in [5.74, 6) is 1.07. The van der Waals surface area contributed by atoms with Gasteiger partial charge in [0.1, 0.15) is 23.9 Å². The lowest BCUT2D eigenvalue weighted by atomic mass is 9.95. The predicted octanol–water partition coefficient (Wildman–Crippen LogP) is 6.99. The molecule has 7 nitrogen and oxygen atoms in total. The average Bonchev–Trinajstić information content (AvgIpc) is 3.26. The Morgan fingerprint density at radius 2 is 1.79 bits per heavy atom. The lowest BCUT2D eigenvalue weighted by Gasteiger charge is -2.31. The Kier molecular flexibility index (Phi) is 6.53. The van der Waals surface area contributed by atoms with Crippen LogP contribution >= 0.6 is 23.2 Å². The maximum absolute atomic E-state index is 13.7. The minimum absolute atomic E-state index is 0.135. The van der Waals surface area contributed by atoms with Crippen LogP contribution in [0.2, 0.25) is 10.0 Å². The molecule has 196 valence electrons. The molecule has 3 aromatic carbocycles. The Labute approximate surface area is 231 Å². The van der Waals surface area contributed by atoms with Crippen LogP contribution < -0.4 is 9.47 Å². The monoisotopic (exact) mass is 551 g/mol. The zero-order valence-electron chi connectivity index (χ0n) is 21.7. The molecule has 4 aromatic rings. The lowest BCUT2D eigenvalue weighted by Crippen LogP contribution is -2.43. The van der Waals surface area contributed by atoms with E-state index in [0.29, 0.717) is 44.1 Å². The van der Waals surface area contributed by atoms with Gasteiger partial charge in [-0.15, -0.1) is 0 Å². The maximum Gasteiger partial charge on any atom is 0.274 e. The first-order chi connectivity index (χ1) is 18.0. The van der Waals surface area contributed by atoms with E-state index < -0.39 is 5.54 Å². The SMILES string of the molecule is COc1cc2c(cc1-c1cccc(O)c1)-c1c(c(C(=O)N(C)C(C)(C)C)nn1-c1cc(Cl)cc(Cl)c1)CO2. The van der Waals surface area contributed by atoms with Crippen LogP contribution in [0.25, 0.3) is 28.1 Å². The summed E-state index contributed by atoms with van der Waals surface area (Å²) >= 11 is 12.7. The number of phenolic OH excluding ortho intramolecular Hbond substituents is 1. The predicted molar refractivity (Wildman–Crippen MR) is 149 cm³/mol. The number of aromatic hydroxyl groups is 1. The number of benzene rings is 3. The molecule has 1 aromatic heterocycles. The first-order valence-electron chi connectivity index (χ1n) is 12.0. The van der Waals surface area contributed by atoms with Crippen molar-refractivity contribution < 1.29 is 19.4 Å². The van der Waals surface area contributed by atoms with Gasteiger partial charge in [0.15, 0.2) is 5.69 Å². The molecule has 38 heavy (non-hydrogen) atoms. The number of nitrogens with zero attached hydrogens (tertiary/aromatic N) is 3. The van der Waals surface area contributed by atoms with E-state index in [9.17, 15) is 9.90 Å². The fourth-order valence-corrected chi connectivity index (χ4v) is 4.95. The van der Waals surface area contributed by atoms with Crippen molar-refractivity contribution in [1.82, 2.24) is 14.7 Å². The Balaban J connectivity index is 1.80. The highest BCUT2D eigenvalue weighted by Crippen LogP contribution is 2.46. The van der Waals surface area contributed by atoms with Gasteiger partial charge in [0, 0.05) is 45.4 Å². The number of rotatable bonds is 4. The summed E-state index contributed by atoms with van der Waals surface area (Å²) in [5, 5.41) is 15.8. The van der Waals surface area contributed by atoms with Crippen LogP contribution in [0.5, 0.6) is 17.2 Å². The van der Waals surface area contributed by atoms with Gasteiger partial charge in [-0.2, -0.15) is 5.10 Å². The zero-order valence-corrected chi connectivity index (χ0v) is 23.2. The number of hydrogen-bond acceptors (Lipinski definition) is 5. The van der Waals surface area contributed by atoms with E-state index >= 15 is 0 Å². The van der Waals surface area contributed by atoms with E-state index in [1.165, 1.54) is 0 Å². The summed E-state index contributed by atoms with van der Waals surface area (Å²) < 4.78 is 13.5. The van der Waals surface area contributed by atoms with Crippen LogP contribution in [0.4, 0.5) is 0 Å². The number of amides is 1. The highest BCUT2D eigenvalue weighted by Gasteiger charge is 2.34. The molecule has 0 saturated carbocycles. The standard InChI is InChI=1S/C29H27Cl2N3O4/c1-29(2,3)33(4)28(36)26-23-15-38-25-14-24(37-5)21(16-7-6-8-20(35)9-16)13-22(25)27(23)34(32-26)19-11-17(30)10-18(31)12-19/h6-14,35H,15H2,1-5H3. The summed E-state index contributed by atoms with van der Waals surface area (Å²) in [4.78, 5) is 15.3. The van der Waals surface area contributed by atoms with Gasteiger partial charge >= 0.3 is 0 Å². The van der Waals surface area contributed by atoms with Crippen molar-refractivity contribution in [3.8, 4) is 45.3 Å². The molecule has 1 N–H and O–H groups in total.